The molecule has 0 aromatic rings. The van der Waals surface area contributed by atoms with Crippen molar-refractivity contribution in [2.45, 2.75) is 69.2 Å². The van der Waals surface area contributed by atoms with Crippen LogP contribution in [0, 0.1) is 11.8 Å². The van der Waals surface area contributed by atoms with E-state index >= 15 is 0 Å². The van der Waals surface area contributed by atoms with Crippen molar-refractivity contribution in [1.82, 2.24) is 0 Å². The zero-order valence-electron chi connectivity index (χ0n) is 10.5. The quantitative estimate of drug-likeness (QED) is 0.562. The van der Waals surface area contributed by atoms with Crippen LogP contribution in [0.2, 0.25) is 0 Å². The van der Waals surface area contributed by atoms with E-state index in [0.29, 0.717) is 11.8 Å². The zero-order chi connectivity index (χ0) is 12.4. The van der Waals surface area contributed by atoms with Gasteiger partial charge in [0.25, 0.3) is 0 Å². The van der Waals surface area contributed by atoms with Crippen LogP contribution >= 0.6 is 0 Å². The number of nitrogens with two attached hydrogens (primary N) is 2. The summed E-state index contributed by atoms with van der Waals surface area (Å²) in [5.41, 5.74) is 12.1. The Hall–Kier alpha value is -0.160. The lowest BCUT2D eigenvalue weighted by Crippen LogP contribution is -2.49. The summed E-state index contributed by atoms with van der Waals surface area (Å²) in [4.78, 5) is 0. The highest BCUT2D eigenvalue weighted by atomic mass is 16.3. The molecule has 4 heteroatoms. The van der Waals surface area contributed by atoms with Crippen LogP contribution < -0.4 is 11.5 Å². The summed E-state index contributed by atoms with van der Waals surface area (Å²) in [6, 6.07) is -0.204. The molecule has 17 heavy (non-hydrogen) atoms. The monoisotopic (exact) mass is 242 g/mol. The Labute approximate surface area is 103 Å². The van der Waals surface area contributed by atoms with Crippen molar-refractivity contribution in [1.29, 1.82) is 0 Å². The van der Waals surface area contributed by atoms with Crippen LogP contribution in [0.4, 0.5) is 0 Å². The van der Waals surface area contributed by atoms with Gasteiger partial charge in [-0.05, 0) is 43.9 Å². The summed E-state index contributed by atoms with van der Waals surface area (Å²) < 4.78 is 0. The lowest BCUT2D eigenvalue weighted by atomic mass is 9.72. The molecule has 0 saturated heterocycles. The topological polar surface area (TPSA) is 92.5 Å². The van der Waals surface area contributed by atoms with Crippen LogP contribution in [0.5, 0.6) is 0 Å². The van der Waals surface area contributed by atoms with Crippen molar-refractivity contribution < 1.29 is 10.2 Å². The lowest BCUT2D eigenvalue weighted by molar-refractivity contribution is 0.0392. The Bertz CT molecular complexity index is 226. The third-order valence-corrected chi connectivity index (χ3v) is 4.73. The molecule has 0 bridgehead atoms. The van der Waals surface area contributed by atoms with E-state index < -0.39 is 0 Å². The van der Waals surface area contributed by atoms with E-state index in [9.17, 15) is 10.2 Å². The van der Waals surface area contributed by atoms with Crippen molar-refractivity contribution in [3.63, 3.8) is 0 Å². The fourth-order valence-electron chi connectivity index (χ4n) is 3.52. The predicted octanol–water partition coefficient (Wildman–Crippen LogP) is 0.353. The molecule has 4 nitrogen and oxygen atoms in total. The summed E-state index contributed by atoms with van der Waals surface area (Å²) >= 11 is 0. The molecule has 2 fully saturated rings. The van der Waals surface area contributed by atoms with Gasteiger partial charge in [0.1, 0.15) is 0 Å². The maximum absolute atomic E-state index is 9.79. The highest BCUT2D eigenvalue weighted by Crippen LogP contribution is 2.34. The van der Waals surface area contributed by atoms with Gasteiger partial charge < -0.3 is 21.7 Å². The SMILES string of the molecule is NC1C(O)CCCC1CC1CCCC(O)C1N. The smallest absolute Gasteiger partial charge is 0.0693 e. The highest BCUT2D eigenvalue weighted by molar-refractivity contribution is 4.91. The average Bonchev–Trinajstić information content (AvgIpc) is 2.31. The maximum Gasteiger partial charge on any atom is 0.0693 e. The van der Waals surface area contributed by atoms with E-state index in [1.54, 1.807) is 0 Å². The van der Waals surface area contributed by atoms with Crippen LogP contribution in [-0.4, -0.2) is 34.5 Å². The molecule has 6 N–H and O–H groups in total. The van der Waals surface area contributed by atoms with E-state index in [1.807, 2.05) is 0 Å². The summed E-state index contributed by atoms with van der Waals surface area (Å²) in [5, 5.41) is 19.6. The molecule has 2 rings (SSSR count). The number of rotatable bonds is 2. The maximum atomic E-state index is 9.79. The van der Waals surface area contributed by atoms with Gasteiger partial charge in [0.2, 0.25) is 0 Å². The second-order valence-electron chi connectivity index (χ2n) is 5.91. The van der Waals surface area contributed by atoms with Crippen LogP contribution in [0.1, 0.15) is 44.9 Å². The van der Waals surface area contributed by atoms with Gasteiger partial charge in [0.15, 0.2) is 0 Å². The van der Waals surface area contributed by atoms with E-state index in [0.717, 1.165) is 44.9 Å². The molecule has 0 heterocycles. The fraction of sp³-hybridized carbons (Fsp3) is 1.00. The molecule has 2 aliphatic rings. The summed E-state index contributed by atoms with van der Waals surface area (Å²) in [7, 11) is 0. The summed E-state index contributed by atoms with van der Waals surface area (Å²) in [6.07, 6.45) is 6.24. The lowest BCUT2D eigenvalue weighted by Gasteiger charge is -2.39. The molecule has 2 saturated carbocycles. The Kier molecular flexibility index (Phi) is 4.42. The first-order valence-corrected chi connectivity index (χ1v) is 6.97. The van der Waals surface area contributed by atoms with Gasteiger partial charge in [-0.3, -0.25) is 0 Å². The van der Waals surface area contributed by atoms with Gasteiger partial charge in [0.05, 0.1) is 12.2 Å². The minimum atomic E-state index is -0.349. The van der Waals surface area contributed by atoms with Gasteiger partial charge in [0, 0.05) is 12.1 Å². The van der Waals surface area contributed by atoms with Crippen molar-refractivity contribution in [3.05, 3.63) is 0 Å². The number of aliphatic hydroxyl groups is 2. The van der Waals surface area contributed by atoms with Crippen LogP contribution in [-0.2, 0) is 0 Å². The molecule has 6 atom stereocenters. The molecule has 0 amide bonds. The van der Waals surface area contributed by atoms with E-state index in [1.165, 1.54) is 0 Å². The highest BCUT2D eigenvalue weighted by Gasteiger charge is 2.35. The van der Waals surface area contributed by atoms with E-state index in [4.69, 9.17) is 11.5 Å². The van der Waals surface area contributed by atoms with Crippen molar-refractivity contribution in [2.75, 3.05) is 0 Å². The molecular formula is C13H26N2O2. The molecule has 100 valence electrons. The first kappa shape index (κ1) is 13.3. The van der Waals surface area contributed by atoms with E-state index in [2.05, 4.69) is 0 Å². The Balaban J connectivity index is 1.90. The Morgan fingerprint density at radius 1 is 0.765 bits per heavy atom. The average molecular weight is 242 g/mol. The zero-order valence-corrected chi connectivity index (χ0v) is 10.5. The molecule has 0 spiro atoms. The third kappa shape index (κ3) is 2.99. The predicted molar refractivity (Wildman–Crippen MR) is 67.3 cm³/mol. The Morgan fingerprint density at radius 2 is 1.18 bits per heavy atom. The van der Waals surface area contributed by atoms with Crippen LogP contribution in [0.25, 0.3) is 0 Å². The minimum Gasteiger partial charge on any atom is -0.392 e. The second-order valence-corrected chi connectivity index (χ2v) is 5.91. The number of aliphatic hydroxyl groups excluding tert-OH is 2. The van der Waals surface area contributed by atoms with Crippen molar-refractivity contribution >= 4 is 0 Å². The minimum absolute atomic E-state index is 0.102. The van der Waals surface area contributed by atoms with Gasteiger partial charge in [-0.1, -0.05) is 12.8 Å². The summed E-state index contributed by atoms with van der Waals surface area (Å²) in [5.74, 6) is 0.750. The molecule has 0 aliphatic heterocycles. The molecule has 2 aliphatic carbocycles. The van der Waals surface area contributed by atoms with Crippen LogP contribution in [0.3, 0.4) is 0 Å². The van der Waals surface area contributed by atoms with E-state index in [-0.39, 0.29) is 24.3 Å². The molecule has 0 radical (unpaired) electrons. The Morgan fingerprint density at radius 3 is 1.59 bits per heavy atom. The molecule has 0 aromatic heterocycles. The molecule has 6 unspecified atom stereocenters. The van der Waals surface area contributed by atoms with Gasteiger partial charge in [-0.2, -0.15) is 0 Å². The molecular weight excluding hydrogens is 216 g/mol. The van der Waals surface area contributed by atoms with Gasteiger partial charge in [-0.15, -0.1) is 0 Å². The van der Waals surface area contributed by atoms with Gasteiger partial charge in [-0.25, -0.2) is 0 Å². The normalized spacial score (nSPS) is 48.0. The second kappa shape index (κ2) is 5.65. The van der Waals surface area contributed by atoms with Crippen LogP contribution in [0.15, 0.2) is 0 Å². The first-order chi connectivity index (χ1) is 8.09. The third-order valence-electron chi connectivity index (χ3n) is 4.73. The first-order valence-electron chi connectivity index (χ1n) is 6.97. The molecule has 0 aromatic carbocycles. The number of hydrogen-bond donors (Lipinski definition) is 4. The number of hydrogen-bond acceptors (Lipinski definition) is 4. The van der Waals surface area contributed by atoms with Gasteiger partial charge >= 0.3 is 0 Å². The van der Waals surface area contributed by atoms with Crippen molar-refractivity contribution in [2.24, 2.45) is 23.3 Å². The fourth-order valence-corrected chi connectivity index (χ4v) is 3.52. The largest absolute Gasteiger partial charge is 0.392 e. The summed E-state index contributed by atoms with van der Waals surface area (Å²) in [6.45, 7) is 0. The standard InChI is InChI=1S/C13H26N2O2/c14-12-8(3-1-5-10(12)16)7-9-4-2-6-11(17)13(9)15/h8-13,16-17H,1-7,14-15H2. The van der Waals surface area contributed by atoms with Crippen molar-refractivity contribution in [3.8, 4) is 0 Å².